The van der Waals surface area contributed by atoms with Gasteiger partial charge in [0.05, 0.1) is 0 Å². The van der Waals surface area contributed by atoms with Gasteiger partial charge in [-0.25, -0.2) is 4.39 Å². The molecule has 0 radical (unpaired) electrons. The van der Waals surface area contributed by atoms with Crippen LogP contribution in [0.3, 0.4) is 0 Å². The zero-order valence-corrected chi connectivity index (χ0v) is 12.2. The highest BCUT2D eigenvalue weighted by Gasteiger charge is 2.16. The van der Waals surface area contributed by atoms with E-state index in [2.05, 4.69) is 25.7 Å². The summed E-state index contributed by atoms with van der Waals surface area (Å²) in [5.74, 6) is 0.112. The average Bonchev–Trinajstić information content (AvgIpc) is 2.83. The average molecular weight is 265 g/mol. The largest absolute Gasteiger partial charge is 0.489 e. The lowest BCUT2D eigenvalue weighted by Gasteiger charge is -2.20. The normalized spacial score (nSPS) is 16.8. The Labute approximate surface area is 115 Å². The molecule has 1 aliphatic rings. The second-order valence-electron chi connectivity index (χ2n) is 6.29. The van der Waals surface area contributed by atoms with Gasteiger partial charge >= 0.3 is 0 Å². The molecule has 3 heteroatoms. The Balaban J connectivity index is 1.90. The lowest BCUT2D eigenvalue weighted by Crippen LogP contribution is -2.25. The molecule has 1 fully saturated rings. The molecule has 0 saturated carbocycles. The SMILES string of the molecule is CC(C)(C)c1ccc(OCCN2CCCC2)c(F)c1. The smallest absolute Gasteiger partial charge is 0.165 e. The molecule has 0 atom stereocenters. The third-order valence-electron chi connectivity index (χ3n) is 3.66. The second-order valence-corrected chi connectivity index (χ2v) is 6.29. The molecule has 1 saturated heterocycles. The number of likely N-dealkylation sites (tertiary alicyclic amines) is 1. The monoisotopic (exact) mass is 265 g/mol. The molecule has 19 heavy (non-hydrogen) atoms. The molecule has 0 amide bonds. The highest BCUT2D eigenvalue weighted by atomic mass is 19.1. The fraction of sp³-hybridized carbons (Fsp3) is 0.625. The molecule has 1 heterocycles. The third-order valence-corrected chi connectivity index (χ3v) is 3.66. The molecule has 0 bridgehead atoms. The Morgan fingerprint density at radius 2 is 1.89 bits per heavy atom. The van der Waals surface area contributed by atoms with E-state index in [1.807, 2.05) is 6.07 Å². The maximum Gasteiger partial charge on any atom is 0.165 e. The predicted molar refractivity (Wildman–Crippen MR) is 76.3 cm³/mol. The van der Waals surface area contributed by atoms with E-state index in [1.165, 1.54) is 12.8 Å². The molecule has 0 N–H and O–H groups in total. The van der Waals surface area contributed by atoms with E-state index in [-0.39, 0.29) is 11.2 Å². The van der Waals surface area contributed by atoms with Crippen molar-refractivity contribution in [3.05, 3.63) is 29.6 Å². The molecule has 0 spiro atoms. The maximum atomic E-state index is 13.9. The zero-order valence-electron chi connectivity index (χ0n) is 12.2. The molecule has 106 valence electrons. The van der Waals surface area contributed by atoms with E-state index in [0.717, 1.165) is 25.2 Å². The van der Waals surface area contributed by atoms with Crippen molar-refractivity contribution in [1.29, 1.82) is 0 Å². The van der Waals surface area contributed by atoms with Gasteiger partial charge in [-0.3, -0.25) is 4.90 Å². The van der Waals surface area contributed by atoms with Crippen molar-refractivity contribution in [3.8, 4) is 5.75 Å². The van der Waals surface area contributed by atoms with Crippen molar-refractivity contribution in [1.82, 2.24) is 4.90 Å². The lowest BCUT2D eigenvalue weighted by molar-refractivity contribution is 0.231. The van der Waals surface area contributed by atoms with Crippen molar-refractivity contribution in [3.63, 3.8) is 0 Å². The summed E-state index contributed by atoms with van der Waals surface area (Å²) in [6.07, 6.45) is 2.54. The summed E-state index contributed by atoms with van der Waals surface area (Å²) in [4.78, 5) is 2.36. The van der Waals surface area contributed by atoms with Crippen LogP contribution < -0.4 is 4.74 Å². The Hall–Kier alpha value is -1.09. The Morgan fingerprint density at radius 1 is 1.21 bits per heavy atom. The topological polar surface area (TPSA) is 12.5 Å². The van der Waals surface area contributed by atoms with Gasteiger partial charge in [-0.05, 0) is 49.0 Å². The predicted octanol–water partition coefficient (Wildman–Crippen LogP) is 3.60. The molecule has 0 unspecified atom stereocenters. The summed E-state index contributed by atoms with van der Waals surface area (Å²) in [6.45, 7) is 9.98. The van der Waals surface area contributed by atoms with E-state index < -0.39 is 0 Å². The van der Waals surface area contributed by atoms with Gasteiger partial charge in [0, 0.05) is 6.54 Å². The minimum Gasteiger partial charge on any atom is -0.489 e. The fourth-order valence-corrected chi connectivity index (χ4v) is 2.38. The van der Waals surface area contributed by atoms with Crippen LogP contribution in [0, 0.1) is 5.82 Å². The molecule has 1 aromatic rings. The lowest BCUT2D eigenvalue weighted by atomic mass is 9.87. The van der Waals surface area contributed by atoms with Crippen LogP contribution in [0.1, 0.15) is 39.2 Å². The van der Waals surface area contributed by atoms with Crippen molar-refractivity contribution < 1.29 is 9.13 Å². The van der Waals surface area contributed by atoms with Crippen molar-refractivity contribution in [2.24, 2.45) is 0 Å². The van der Waals surface area contributed by atoms with Crippen molar-refractivity contribution in [2.75, 3.05) is 26.2 Å². The van der Waals surface area contributed by atoms with Crippen LogP contribution in [0.5, 0.6) is 5.75 Å². The summed E-state index contributed by atoms with van der Waals surface area (Å²) in [5, 5.41) is 0. The van der Waals surface area contributed by atoms with Gasteiger partial charge in [0.25, 0.3) is 0 Å². The number of rotatable bonds is 4. The van der Waals surface area contributed by atoms with Crippen LogP contribution in [-0.4, -0.2) is 31.1 Å². The standard InChI is InChI=1S/C16H24FNO/c1-16(2,3)13-6-7-15(14(17)12-13)19-11-10-18-8-4-5-9-18/h6-7,12H,4-5,8-11H2,1-3H3. The minimum absolute atomic E-state index is 0.0328. The van der Waals surface area contributed by atoms with Gasteiger partial charge in [0.15, 0.2) is 11.6 Å². The van der Waals surface area contributed by atoms with E-state index in [0.29, 0.717) is 12.4 Å². The Kier molecular flexibility index (Phi) is 4.46. The van der Waals surface area contributed by atoms with E-state index >= 15 is 0 Å². The second kappa shape index (κ2) is 5.91. The van der Waals surface area contributed by atoms with Crippen LogP contribution in [0.2, 0.25) is 0 Å². The molecule has 0 aliphatic carbocycles. The van der Waals surface area contributed by atoms with Crippen LogP contribution in [0.4, 0.5) is 4.39 Å². The minimum atomic E-state index is -0.256. The fourth-order valence-electron chi connectivity index (χ4n) is 2.38. The van der Waals surface area contributed by atoms with Crippen LogP contribution in [0.15, 0.2) is 18.2 Å². The molecule has 1 aromatic carbocycles. The highest BCUT2D eigenvalue weighted by molar-refractivity contribution is 5.32. The molecule has 0 aromatic heterocycles. The molecular formula is C16H24FNO. The van der Waals surface area contributed by atoms with E-state index in [9.17, 15) is 4.39 Å². The number of nitrogens with zero attached hydrogens (tertiary/aromatic N) is 1. The van der Waals surface area contributed by atoms with Crippen molar-refractivity contribution in [2.45, 2.75) is 39.0 Å². The molecule has 2 nitrogen and oxygen atoms in total. The van der Waals surface area contributed by atoms with Gasteiger partial charge in [-0.1, -0.05) is 26.8 Å². The Morgan fingerprint density at radius 3 is 2.47 bits per heavy atom. The Bertz CT molecular complexity index is 419. The summed E-state index contributed by atoms with van der Waals surface area (Å²) < 4.78 is 19.5. The number of halogens is 1. The van der Waals surface area contributed by atoms with E-state index in [4.69, 9.17) is 4.74 Å². The van der Waals surface area contributed by atoms with Gasteiger partial charge in [-0.15, -0.1) is 0 Å². The first-order chi connectivity index (χ1) is 8.97. The summed E-state index contributed by atoms with van der Waals surface area (Å²) >= 11 is 0. The zero-order chi connectivity index (χ0) is 13.9. The van der Waals surface area contributed by atoms with Crippen molar-refractivity contribution >= 4 is 0 Å². The maximum absolute atomic E-state index is 13.9. The first-order valence-corrected chi connectivity index (χ1v) is 7.12. The summed E-state index contributed by atoms with van der Waals surface area (Å²) in [6, 6.07) is 5.29. The number of benzene rings is 1. The quantitative estimate of drug-likeness (QED) is 0.824. The number of ether oxygens (including phenoxy) is 1. The summed E-state index contributed by atoms with van der Waals surface area (Å²) in [5.41, 5.74) is 0.964. The third kappa shape index (κ3) is 3.93. The van der Waals surface area contributed by atoms with Crippen LogP contribution in [-0.2, 0) is 5.41 Å². The van der Waals surface area contributed by atoms with Crippen LogP contribution >= 0.6 is 0 Å². The molecule has 2 rings (SSSR count). The number of hydrogen-bond donors (Lipinski definition) is 0. The molecular weight excluding hydrogens is 241 g/mol. The highest BCUT2D eigenvalue weighted by Crippen LogP contribution is 2.27. The van der Waals surface area contributed by atoms with Gasteiger partial charge in [-0.2, -0.15) is 0 Å². The van der Waals surface area contributed by atoms with Gasteiger partial charge < -0.3 is 4.74 Å². The molecule has 1 aliphatic heterocycles. The number of hydrogen-bond acceptors (Lipinski definition) is 2. The van der Waals surface area contributed by atoms with Gasteiger partial charge in [0.2, 0.25) is 0 Å². The summed E-state index contributed by atoms with van der Waals surface area (Å²) in [7, 11) is 0. The first kappa shape index (κ1) is 14.3. The van der Waals surface area contributed by atoms with Crippen LogP contribution in [0.25, 0.3) is 0 Å². The first-order valence-electron chi connectivity index (χ1n) is 7.12. The van der Waals surface area contributed by atoms with E-state index in [1.54, 1.807) is 12.1 Å². The van der Waals surface area contributed by atoms with Gasteiger partial charge in [0.1, 0.15) is 6.61 Å².